The van der Waals surface area contributed by atoms with Crippen molar-refractivity contribution < 1.29 is 24.8 Å². The van der Waals surface area contributed by atoms with Crippen molar-refractivity contribution in [2.75, 3.05) is 39.5 Å². The van der Waals surface area contributed by atoms with Crippen LogP contribution in [-0.4, -0.2) is 64.6 Å². The van der Waals surface area contributed by atoms with Crippen LogP contribution in [0.4, 0.5) is 0 Å². The van der Waals surface area contributed by atoms with Crippen molar-refractivity contribution in [3.63, 3.8) is 0 Å². The van der Waals surface area contributed by atoms with Crippen molar-refractivity contribution in [2.24, 2.45) is 0 Å². The summed E-state index contributed by atoms with van der Waals surface area (Å²) in [5.41, 5.74) is 0. The van der Waals surface area contributed by atoms with Gasteiger partial charge in [0, 0.05) is 19.6 Å². The quantitative estimate of drug-likeness (QED) is 0.398. The van der Waals surface area contributed by atoms with Crippen LogP contribution in [0.15, 0.2) is 0 Å². The Morgan fingerprint density at radius 1 is 0.923 bits per heavy atom. The molecule has 7 heteroatoms. The van der Waals surface area contributed by atoms with Gasteiger partial charge in [0.05, 0.1) is 19.8 Å². The van der Waals surface area contributed by atoms with Crippen LogP contribution in [0.3, 0.4) is 0 Å². The first-order valence-corrected chi connectivity index (χ1v) is 4.55. The molecule has 0 aromatic carbocycles. The van der Waals surface area contributed by atoms with E-state index in [1.54, 1.807) is 4.90 Å². The molecule has 0 saturated heterocycles. The number of aliphatic hydroxyl groups excluding tert-OH is 3. The molecule has 0 radical (unpaired) electrons. The molecule has 6 nitrogen and oxygen atoms in total. The Hall–Kier alpha value is -0.100. The maximum Gasteiger partial charge on any atom is 0.324 e. The number of hydrogen-bond donors (Lipinski definition) is 4. The molecule has 0 spiro atoms. The molecule has 80 valence electrons. The number of nitrogens with zero attached hydrogens (tertiary/aromatic N) is 1. The van der Waals surface area contributed by atoms with Gasteiger partial charge in [-0.3, -0.25) is 4.90 Å². The van der Waals surface area contributed by atoms with Gasteiger partial charge in [-0.05, 0) is 0 Å². The number of aliphatic hydroxyl groups is 3. The third-order valence-electron chi connectivity index (χ3n) is 1.25. The fourth-order valence-corrected chi connectivity index (χ4v) is 0.760. The van der Waals surface area contributed by atoms with Gasteiger partial charge in [-0.1, -0.05) is 0 Å². The lowest BCUT2D eigenvalue weighted by atomic mass is 10.4. The summed E-state index contributed by atoms with van der Waals surface area (Å²) >= 11 is 0. The van der Waals surface area contributed by atoms with Crippen LogP contribution in [0.1, 0.15) is 0 Å². The van der Waals surface area contributed by atoms with Gasteiger partial charge in [-0.25, -0.2) is 4.57 Å². The van der Waals surface area contributed by atoms with E-state index in [1.807, 2.05) is 0 Å². The minimum atomic E-state index is -0.833. The molecule has 0 unspecified atom stereocenters. The molecule has 0 bridgehead atoms. The van der Waals surface area contributed by atoms with E-state index < -0.39 is 8.69 Å². The lowest BCUT2D eigenvalue weighted by Gasteiger charge is -2.17. The zero-order valence-corrected chi connectivity index (χ0v) is 8.23. The third kappa shape index (κ3) is 14.7. The first-order valence-electron chi connectivity index (χ1n) is 3.78. The molecule has 0 aliphatic rings. The van der Waals surface area contributed by atoms with Crippen LogP contribution in [0.2, 0.25) is 0 Å². The molecule has 0 aromatic heterocycles. The van der Waals surface area contributed by atoms with Crippen LogP contribution in [0, 0.1) is 0 Å². The SMILES string of the molecule is O=PO.OCCN(CCO)CCO. The molecule has 0 atom stereocenters. The fraction of sp³-hybridized carbons (Fsp3) is 1.00. The van der Waals surface area contributed by atoms with Crippen molar-refractivity contribution >= 4 is 8.69 Å². The third-order valence-corrected chi connectivity index (χ3v) is 1.25. The standard InChI is InChI=1S/C6H15NO3.HO2P/c8-4-1-7(2-5-9)3-6-10;1-3-2/h8-10H,1-6H2;(H,1,2). The second-order valence-electron chi connectivity index (χ2n) is 2.09. The van der Waals surface area contributed by atoms with Crippen molar-refractivity contribution in [1.29, 1.82) is 0 Å². The highest BCUT2D eigenvalue weighted by atomic mass is 31.1. The van der Waals surface area contributed by atoms with E-state index in [0.29, 0.717) is 19.6 Å². The van der Waals surface area contributed by atoms with Crippen LogP contribution in [0.5, 0.6) is 0 Å². The minimum Gasteiger partial charge on any atom is -0.395 e. The Balaban J connectivity index is 0. The molecule has 0 saturated carbocycles. The predicted molar refractivity (Wildman–Crippen MR) is 47.5 cm³/mol. The molecule has 13 heavy (non-hydrogen) atoms. The average Bonchev–Trinajstić information content (AvgIpc) is 2.07. The van der Waals surface area contributed by atoms with E-state index >= 15 is 0 Å². The van der Waals surface area contributed by atoms with Crippen LogP contribution < -0.4 is 0 Å². The Kier molecular flexibility index (Phi) is 17.1. The summed E-state index contributed by atoms with van der Waals surface area (Å²) < 4.78 is 8.46. The van der Waals surface area contributed by atoms with Crippen molar-refractivity contribution in [2.45, 2.75) is 0 Å². The lowest BCUT2D eigenvalue weighted by Crippen LogP contribution is -2.32. The van der Waals surface area contributed by atoms with Gasteiger partial charge < -0.3 is 20.2 Å². The molecule has 0 aliphatic heterocycles. The molecule has 0 aliphatic carbocycles. The van der Waals surface area contributed by atoms with E-state index in [9.17, 15) is 0 Å². The smallest absolute Gasteiger partial charge is 0.324 e. The zero-order chi connectivity index (χ0) is 10.5. The minimum absolute atomic E-state index is 0.0694. The highest BCUT2D eigenvalue weighted by Gasteiger charge is 2.00. The topological polar surface area (TPSA) is 101 Å². The van der Waals surface area contributed by atoms with Gasteiger partial charge in [0.1, 0.15) is 0 Å². The van der Waals surface area contributed by atoms with E-state index in [2.05, 4.69) is 0 Å². The van der Waals surface area contributed by atoms with Crippen molar-refractivity contribution in [3.8, 4) is 0 Å². The van der Waals surface area contributed by atoms with Crippen LogP contribution in [-0.2, 0) is 4.57 Å². The summed E-state index contributed by atoms with van der Waals surface area (Å²) in [7, 11) is -0.833. The number of hydrogen-bond acceptors (Lipinski definition) is 5. The fourth-order valence-electron chi connectivity index (χ4n) is 0.760. The molecule has 0 amide bonds. The molecule has 0 fully saturated rings. The van der Waals surface area contributed by atoms with Crippen LogP contribution >= 0.6 is 8.69 Å². The molecule has 0 aromatic rings. The monoisotopic (exact) mass is 213 g/mol. The molecule has 4 N–H and O–H groups in total. The summed E-state index contributed by atoms with van der Waals surface area (Å²) in [6, 6.07) is 0. The largest absolute Gasteiger partial charge is 0.395 e. The van der Waals surface area contributed by atoms with Crippen molar-refractivity contribution in [1.82, 2.24) is 4.90 Å². The summed E-state index contributed by atoms with van der Waals surface area (Å²) in [4.78, 5) is 8.78. The summed E-state index contributed by atoms with van der Waals surface area (Å²) in [6.07, 6.45) is 0. The summed E-state index contributed by atoms with van der Waals surface area (Å²) in [5, 5.41) is 25.5. The first kappa shape index (κ1) is 15.4. The molecule has 0 rings (SSSR count). The normalized spacial score (nSPS) is 9.92. The lowest BCUT2D eigenvalue weighted by molar-refractivity contribution is 0.136. The Labute approximate surface area is 78.7 Å². The van der Waals surface area contributed by atoms with Gasteiger partial charge in [0.2, 0.25) is 0 Å². The second kappa shape index (κ2) is 14.4. The Morgan fingerprint density at radius 3 is 1.31 bits per heavy atom. The Bertz CT molecular complexity index is 90.8. The highest BCUT2D eigenvalue weighted by Crippen LogP contribution is 1.84. The zero-order valence-electron chi connectivity index (χ0n) is 7.33. The van der Waals surface area contributed by atoms with Gasteiger partial charge in [-0.15, -0.1) is 0 Å². The van der Waals surface area contributed by atoms with Gasteiger partial charge in [0.25, 0.3) is 0 Å². The Morgan fingerprint density at radius 2 is 1.15 bits per heavy atom. The van der Waals surface area contributed by atoms with Gasteiger partial charge in [0.15, 0.2) is 0 Å². The van der Waals surface area contributed by atoms with Crippen LogP contribution in [0.25, 0.3) is 0 Å². The summed E-state index contributed by atoms with van der Waals surface area (Å²) in [5.74, 6) is 0. The van der Waals surface area contributed by atoms with E-state index in [4.69, 9.17) is 24.8 Å². The van der Waals surface area contributed by atoms with Gasteiger partial charge in [-0.2, -0.15) is 0 Å². The summed E-state index contributed by atoms with van der Waals surface area (Å²) in [6.45, 7) is 1.75. The second-order valence-corrected chi connectivity index (χ2v) is 2.26. The molecule has 0 heterocycles. The maximum atomic E-state index is 8.48. The predicted octanol–water partition coefficient (Wildman–Crippen LogP) is -1.55. The van der Waals surface area contributed by atoms with Gasteiger partial charge >= 0.3 is 8.69 Å². The molecular formula is C6H16NO5P. The van der Waals surface area contributed by atoms with Crippen molar-refractivity contribution in [3.05, 3.63) is 0 Å². The van der Waals surface area contributed by atoms with E-state index in [1.165, 1.54) is 0 Å². The van der Waals surface area contributed by atoms with E-state index in [0.717, 1.165) is 0 Å². The average molecular weight is 213 g/mol. The molecular weight excluding hydrogens is 197 g/mol. The number of rotatable bonds is 6. The first-order chi connectivity index (χ1) is 6.26. The highest BCUT2D eigenvalue weighted by molar-refractivity contribution is 7.16. The van der Waals surface area contributed by atoms with E-state index in [-0.39, 0.29) is 19.8 Å². The maximum absolute atomic E-state index is 8.48.